The molecule has 0 aromatic rings. The zero-order valence-electron chi connectivity index (χ0n) is 6.56. The van der Waals surface area contributed by atoms with Crippen molar-refractivity contribution in [2.45, 2.75) is 37.9 Å². The van der Waals surface area contributed by atoms with E-state index in [1.807, 2.05) is 7.05 Å². The molecule has 58 valence electrons. The van der Waals surface area contributed by atoms with Gasteiger partial charge >= 0.3 is 0 Å². The van der Waals surface area contributed by atoms with Crippen molar-refractivity contribution in [2.75, 3.05) is 7.05 Å². The molecule has 0 aromatic carbocycles. The quantitative estimate of drug-likeness (QED) is 0.560. The van der Waals surface area contributed by atoms with E-state index in [1.54, 1.807) is 0 Å². The van der Waals surface area contributed by atoms with Gasteiger partial charge in [0.15, 0.2) is 0 Å². The van der Waals surface area contributed by atoms with E-state index in [9.17, 15) is 0 Å². The molecule has 0 amide bonds. The van der Waals surface area contributed by atoms with Crippen molar-refractivity contribution < 1.29 is 0 Å². The second kappa shape index (κ2) is 2.51. The van der Waals surface area contributed by atoms with Crippen LogP contribution in [0.2, 0.25) is 0 Å². The summed E-state index contributed by atoms with van der Waals surface area (Å²) in [5, 5.41) is 6.87. The van der Waals surface area contributed by atoms with E-state index < -0.39 is 0 Å². The second-order valence-corrected chi connectivity index (χ2v) is 3.54. The smallest absolute Gasteiger partial charge is 0.0574 e. The molecule has 1 saturated carbocycles. The van der Waals surface area contributed by atoms with Gasteiger partial charge in [-0.1, -0.05) is 6.42 Å². The molecule has 2 aliphatic rings. The first-order valence-corrected chi connectivity index (χ1v) is 4.33. The predicted octanol–water partition coefficient (Wildman–Crippen LogP) is 0.694. The molecule has 2 heteroatoms. The van der Waals surface area contributed by atoms with Crippen LogP contribution in [-0.4, -0.2) is 19.3 Å². The first kappa shape index (κ1) is 6.62. The summed E-state index contributed by atoms with van der Waals surface area (Å²) >= 11 is 0. The molecule has 1 heterocycles. The predicted molar refractivity (Wildman–Crippen MR) is 41.7 cm³/mol. The summed E-state index contributed by atoms with van der Waals surface area (Å²) in [6.07, 6.45) is 6.26. The van der Waals surface area contributed by atoms with Gasteiger partial charge < -0.3 is 5.32 Å². The number of fused-ring (bicyclic) bond motifs is 1. The van der Waals surface area contributed by atoms with Crippen molar-refractivity contribution in [2.24, 2.45) is 5.92 Å². The number of hydrogen-bond acceptors (Lipinski definition) is 2. The summed E-state index contributed by atoms with van der Waals surface area (Å²) < 4.78 is 0. The maximum atomic E-state index is 3.59. The van der Waals surface area contributed by atoms with Crippen LogP contribution in [0.25, 0.3) is 0 Å². The summed E-state index contributed by atoms with van der Waals surface area (Å²) in [5.41, 5.74) is 0. The second-order valence-electron chi connectivity index (χ2n) is 3.54. The van der Waals surface area contributed by atoms with Crippen molar-refractivity contribution in [3.63, 3.8) is 0 Å². The molecule has 2 fully saturated rings. The fraction of sp³-hybridized carbons (Fsp3) is 1.00. The molecule has 10 heavy (non-hydrogen) atoms. The number of rotatable bonds is 1. The Kier molecular flexibility index (Phi) is 1.66. The highest BCUT2D eigenvalue weighted by Gasteiger charge is 2.35. The fourth-order valence-electron chi connectivity index (χ4n) is 2.37. The summed E-state index contributed by atoms with van der Waals surface area (Å²) in [6, 6.07) is 0.845. The summed E-state index contributed by atoms with van der Waals surface area (Å²) in [6.45, 7) is 0. The van der Waals surface area contributed by atoms with E-state index in [2.05, 4.69) is 10.6 Å². The third kappa shape index (κ3) is 0.956. The molecule has 3 atom stereocenters. The highest BCUT2D eigenvalue weighted by Crippen LogP contribution is 2.33. The third-order valence-corrected chi connectivity index (χ3v) is 2.96. The van der Waals surface area contributed by atoms with Gasteiger partial charge in [0.2, 0.25) is 0 Å². The molecule has 0 spiro atoms. The lowest BCUT2D eigenvalue weighted by molar-refractivity contribution is 0.479. The van der Waals surface area contributed by atoms with Crippen LogP contribution in [0.1, 0.15) is 25.7 Å². The lowest BCUT2D eigenvalue weighted by Crippen LogP contribution is -2.38. The largest absolute Gasteiger partial charge is 0.305 e. The summed E-state index contributed by atoms with van der Waals surface area (Å²) in [5.74, 6) is 0.984. The fourth-order valence-corrected chi connectivity index (χ4v) is 2.37. The van der Waals surface area contributed by atoms with E-state index in [1.165, 1.54) is 25.7 Å². The van der Waals surface area contributed by atoms with Crippen LogP contribution in [0, 0.1) is 5.92 Å². The lowest BCUT2D eigenvalue weighted by Gasteiger charge is -2.10. The molecule has 1 aliphatic carbocycles. The first-order chi connectivity index (χ1) is 4.90. The SMILES string of the molecule is CNC1CC2CCCC2N1. The van der Waals surface area contributed by atoms with Gasteiger partial charge in [0, 0.05) is 6.04 Å². The molecular weight excluding hydrogens is 124 g/mol. The minimum atomic E-state index is 0.607. The molecule has 0 bridgehead atoms. The Morgan fingerprint density at radius 2 is 2.30 bits per heavy atom. The first-order valence-electron chi connectivity index (χ1n) is 4.33. The molecular formula is C8H16N2. The molecule has 2 nitrogen and oxygen atoms in total. The van der Waals surface area contributed by atoms with Crippen molar-refractivity contribution in [3.8, 4) is 0 Å². The highest BCUT2D eigenvalue weighted by molar-refractivity contribution is 4.92. The van der Waals surface area contributed by atoms with Gasteiger partial charge in [-0.2, -0.15) is 0 Å². The van der Waals surface area contributed by atoms with Gasteiger partial charge in [0.25, 0.3) is 0 Å². The zero-order chi connectivity index (χ0) is 6.97. The van der Waals surface area contributed by atoms with Crippen LogP contribution in [0.5, 0.6) is 0 Å². The van der Waals surface area contributed by atoms with Crippen LogP contribution < -0.4 is 10.6 Å². The van der Waals surface area contributed by atoms with Crippen LogP contribution in [0.3, 0.4) is 0 Å². The third-order valence-electron chi connectivity index (χ3n) is 2.96. The molecule has 1 aliphatic heterocycles. The number of hydrogen-bond donors (Lipinski definition) is 2. The summed E-state index contributed by atoms with van der Waals surface area (Å²) in [7, 11) is 2.04. The minimum absolute atomic E-state index is 0.607. The van der Waals surface area contributed by atoms with Gasteiger partial charge in [-0.3, -0.25) is 5.32 Å². The van der Waals surface area contributed by atoms with Crippen molar-refractivity contribution in [1.29, 1.82) is 0 Å². The van der Waals surface area contributed by atoms with Gasteiger partial charge in [-0.15, -0.1) is 0 Å². The van der Waals surface area contributed by atoms with E-state index in [0.717, 1.165) is 12.0 Å². The summed E-state index contributed by atoms with van der Waals surface area (Å²) in [4.78, 5) is 0. The van der Waals surface area contributed by atoms with Crippen LogP contribution in [0.15, 0.2) is 0 Å². The van der Waals surface area contributed by atoms with Crippen LogP contribution >= 0.6 is 0 Å². The molecule has 1 saturated heterocycles. The molecule has 0 radical (unpaired) electrons. The molecule has 0 aromatic heterocycles. The van der Waals surface area contributed by atoms with Crippen molar-refractivity contribution >= 4 is 0 Å². The normalized spacial score (nSPS) is 45.9. The topological polar surface area (TPSA) is 24.1 Å². The van der Waals surface area contributed by atoms with Gasteiger partial charge in [-0.25, -0.2) is 0 Å². The standard InChI is InChI=1S/C8H16N2/c1-9-8-5-6-3-2-4-7(6)10-8/h6-10H,2-5H2,1H3. The van der Waals surface area contributed by atoms with Gasteiger partial charge in [0.1, 0.15) is 0 Å². The van der Waals surface area contributed by atoms with Gasteiger partial charge in [-0.05, 0) is 32.2 Å². The maximum absolute atomic E-state index is 3.59. The Balaban J connectivity index is 1.94. The average molecular weight is 140 g/mol. The van der Waals surface area contributed by atoms with E-state index >= 15 is 0 Å². The average Bonchev–Trinajstić information content (AvgIpc) is 2.42. The van der Waals surface area contributed by atoms with Gasteiger partial charge in [0.05, 0.1) is 6.17 Å². The Labute approximate surface area is 62.4 Å². The number of nitrogens with one attached hydrogen (secondary N) is 2. The highest BCUT2D eigenvalue weighted by atomic mass is 15.2. The Morgan fingerprint density at radius 1 is 1.40 bits per heavy atom. The van der Waals surface area contributed by atoms with Crippen molar-refractivity contribution in [3.05, 3.63) is 0 Å². The maximum Gasteiger partial charge on any atom is 0.0574 e. The van der Waals surface area contributed by atoms with Crippen LogP contribution in [0.4, 0.5) is 0 Å². The monoisotopic (exact) mass is 140 g/mol. The molecule has 2 N–H and O–H groups in total. The minimum Gasteiger partial charge on any atom is -0.305 e. The molecule has 2 rings (SSSR count). The van der Waals surface area contributed by atoms with Crippen LogP contribution in [-0.2, 0) is 0 Å². The van der Waals surface area contributed by atoms with E-state index in [0.29, 0.717) is 6.17 Å². The Hall–Kier alpha value is -0.0800. The lowest BCUT2D eigenvalue weighted by atomic mass is 10.0. The molecule has 3 unspecified atom stereocenters. The zero-order valence-corrected chi connectivity index (χ0v) is 6.56. The Bertz CT molecular complexity index is 112. The Morgan fingerprint density at radius 3 is 3.00 bits per heavy atom. The van der Waals surface area contributed by atoms with Crippen molar-refractivity contribution in [1.82, 2.24) is 10.6 Å². The van der Waals surface area contributed by atoms with E-state index in [4.69, 9.17) is 0 Å². The van der Waals surface area contributed by atoms with E-state index in [-0.39, 0.29) is 0 Å².